The number of furan rings is 1. The van der Waals surface area contributed by atoms with Crippen molar-refractivity contribution in [1.29, 1.82) is 0 Å². The molecule has 0 spiro atoms. The van der Waals surface area contributed by atoms with E-state index in [4.69, 9.17) is 9.52 Å². The Morgan fingerprint density at radius 3 is 2.37 bits per heavy atom. The number of hydrogen-bond acceptors (Lipinski definition) is 6. The summed E-state index contributed by atoms with van der Waals surface area (Å²) in [5.41, 5.74) is 6.12. The summed E-state index contributed by atoms with van der Waals surface area (Å²) in [5.74, 6) is 0.389. The van der Waals surface area contributed by atoms with Crippen LogP contribution in [0, 0.1) is 0 Å². The number of carbonyl (C=O) groups is 2. The van der Waals surface area contributed by atoms with Crippen LogP contribution in [0.1, 0.15) is 15.9 Å². The van der Waals surface area contributed by atoms with Crippen LogP contribution >= 0.6 is 0 Å². The Morgan fingerprint density at radius 1 is 0.805 bits per heavy atom. The summed E-state index contributed by atoms with van der Waals surface area (Å²) in [6.45, 7) is 0.315. The van der Waals surface area contributed by atoms with Crippen LogP contribution in [0.4, 0.5) is 22.0 Å². The Morgan fingerprint density at radius 2 is 1.56 bits per heavy atom. The van der Waals surface area contributed by atoms with Gasteiger partial charge in [-0.2, -0.15) is 0 Å². The number of fused-ring (bicyclic) bond motifs is 3. The minimum Gasteiger partial charge on any atom is -0.465 e. The zero-order valence-electron chi connectivity index (χ0n) is 21.8. The minimum atomic E-state index is -1.05. The summed E-state index contributed by atoms with van der Waals surface area (Å²) in [6.07, 6.45) is 1.01. The summed E-state index contributed by atoms with van der Waals surface area (Å²) in [5, 5.41) is 19.3. The van der Waals surface area contributed by atoms with Gasteiger partial charge in [0.15, 0.2) is 0 Å². The van der Waals surface area contributed by atoms with Crippen LogP contribution in [-0.2, 0) is 6.42 Å². The van der Waals surface area contributed by atoms with Gasteiger partial charge in [-0.25, -0.2) is 14.8 Å². The second-order valence-corrected chi connectivity index (χ2v) is 9.40. The van der Waals surface area contributed by atoms with E-state index in [1.807, 2.05) is 84.9 Å². The maximum absolute atomic E-state index is 12.7. The highest BCUT2D eigenvalue weighted by Gasteiger charge is 2.13. The fraction of sp³-hybridized carbons (Fsp3) is 0.0625. The second-order valence-electron chi connectivity index (χ2n) is 9.40. The largest absolute Gasteiger partial charge is 0.465 e. The molecule has 0 saturated carbocycles. The quantitative estimate of drug-likeness (QED) is 0.165. The van der Waals surface area contributed by atoms with Gasteiger partial charge in [0.1, 0.15) is 23.3 Å². The molecule has 0 saturated heterocycles. The third-order valence-corrected chi connectivity index (χ3v) is 6.67. The third kappa shape index (κ3) is 5.69. The van der Waals surface area contributed by atoms with Crippen molar-refractivity contribution in [3.63, 3.8) is 0 Å². The molecule has 202 valence electrons. The van der Waals surface area contributed by atoms with E-state index >= 15 is 0 Å². The first-order valence-electron chi connectivity index (χ1n) is 13.0. The van der Waals surface area contributed by atoms with Gasteiger partial charge in [0, 0.05) is 45.9 Å². The molecule has 0 bridgehead atoms. The third-order valence-electron chi connectivity index (χ3n) is 6.67. The van der Waals surface area contributed by atoms with Crippen molar-refractivity contribution in [2.24, 2.45) is 0 Å². The molecule has 2 aromatic heterocycles. The van der Waals surface area contributed by atoms with E-state index in [2.05, 4.69) is 25.9 Å². The smallest absolute Gasteiger partial charge is 0.404 e. The summed E-state index contributed by atoms with van der Waals surface area (Å²) in [7, 11) is 0. The Balaban J connectivity index is 1.12. The Labute approximate surface area is 234 Å². The number of rotatable bonds is 8. The number of nitrogens with one attached hydrogen (secondary N) is 3. The van der Waals surface area contributed by atoms with Crippen molar-refractivity contribution in [3.05, 3.63) is 115 Å². The first-order valence-corrected chi connectivity index (χ1v) is 13.0. The standard InChI is InChI=1S/C32H25N5O4/c38-31(21-10-8-20(9-11-21)16-17-33-32(39)40)37-23-14-12-22(13-15-23)36-29-18-27(34-19-35-29)26-6-3-5-25-24-4-1-2-7-28(24)41-30(25)26/h1-15,18-19,33H,16-17H2,(H,37,38)(H,39,40)(H,34,35,36). The minimum absolute atomic E-state index is 0.235. The second kappa shape index (κ2) is 11.2. The van der Waals surface area contributed by atoms with Gasteiger partial charge in [-0.3, -0.25) is 4.79 Å². The molecule has 0 radical (unpaired) electrons. The molecule has 6 rings (SSSR count). The highest BCUT2D eigenvalue weighted by atomic mass is 16.4. The monoisotopic (exact) mass is 543 g/mol. The number of amides is 2. The van der Waals surface area contributed by atoms with Crippen LogP contribution in [0.2, 0.25) is 0 Å². The average Bonchev–Trinajstić information content (AvgIpc) is 3.37. The van der Waals surface area contributed by atoms with Crippen LogP contribution in [0.5, 0.6) is 0 Å². The number of carboxylic acid groups (broad SMARTS) is 1. The van der Waals surface area contributed by atoms with Gasteiger partial charge in [-0.05, 0) is 60.5 Å². The number of benzene rings is 4. The fourth-order valence-corrected chi connectivity index (χ4v) is 4.65. The van der Waals surface area contributed by atoms with Crippen LogP contribution in [0.3, 0.4) is 0 Å². The van der Waals surface area contributed by atoms with Crippen LogP contribution in [0.25, 0.3) is 33.2 Å². The Kier molecular flexibility index (Phi) is 6.98. The highest BCUT2D eigenvalue weighted by Crippen LogP contribution is 2.35. The lowest BCUT2D eigenvalue weighted by Crippen LogP contribution is -2.23. The number of carbonyl (C=O) groups excluding carboxylic acids is 1. The Bertz CT molecular complexity index is 1860. The van der Waals surface area contributed by atoms with Gasteiger partial charge in [-0.15, -0.1) is 0 Å². The zero-order chi connectivity index (χ0) is 28.2. The summed E-state index contributed by atoms with van der Waals surface area (Å²) >= 11 is 0. The molecular formula is C32H25N5O4. The molecule has 4 N–H and O–H groups in total. The van der Waals surface area contributed by atoms with Gasteiger partial charge in [0.2, 0.25) is 0 Å². The maximum atomic E-state index is 12.7. The van der Waals surface area contributed by atoms with Crippen molar-refractivity contribution in [1.82, 2.24) is 15.3 Å². The van der Waals surface area contributed by atoms with Gasteiger partial charge in [0.25, 0.3) is 5.91 Å². The normalized spacial score (nSPS) is 10.9. The molecule has 0 aliphatic heterocycles. The van der Waals surface area contributed by atoms with Gasteiger partial charge in [0.05, 0.1) is 5.69 Å². The molecular weight excluding hydrogens is 518 g/mol. The molecule has 2 heterocycles. The first kappa shape index (κ1) is 25.6. The highest BCUT2D eigenvalue weighted by molar-refractivity contribution is 6.09. The molecule has 9 heteroatoms. The van der Waals surface area contributed by atoms with Gasteiger partial charge < -0.3 is 25.5 Å². The number of hydrogen-bond donors (Lipinski definition) is 4. The lowest BCUT2D eigenvalue weighted by molar-refractivity contribution is 0.102. The van der Waals surface area contributed by atoms with E-state index in [0.717, 1.165) is 44.4 Å². The van der Waals surface area contributed by atoms with E-state index in [-0.39, 0.29) is 5.91 Å². The summed E-state index contributed by atoms with van der Waals surface area (Å²) in [4.78, 5) is 32.1. The molecule has 41 heavy (non-hydrogen) atoms. The van der Waals surface area contributed by atoms with Gasteiger partial charge in [-0.1, -0.05) is 42.5 Å². The van der Waals surface area contributed by atoms with Crippen molar-refractivity contribution < 1.29 is 19.1 Å². The predicted molar refractivity (Wildman–Crippen MR) is 159 cm³/mol. The molecule has 0 aliphatic carbocycles. The van der Waals surface area contributed by atoms with Crippen molar-refractivity contribution in [2.75, 3.05) is 17.2 Å². The molecule has 0 aliphatic rings. The molecule has 0 fully saturated rings. The number of nitrogens with zero attached hydrogens (tertiary/aromatic N) is 2. The van der Waals surface area contributed by atoms with Crippen molar-refractivity contribution >= 4 is 51.1 Å². The number of aromatic nitrogens is 2. The number of anilines is 3. The zero-order valence-corrected chi connectivity index (χ0v) is 21.8. The van der Waals surface area contributed by atoms with E-state index in [9.17, 15) is 9.59 Å². The fourth-order valence-electron chi connectivity index (χ4n) is 4.65. The summed E-state index contributed by atoms with van der Waals surface area (Å²) in [6, 6.07) is 30.3. The van der Waals surface area contributed by atoms with Crippen LogP contribution in [-0.4, -0.2) is 33.6 Å². The molecule has 6 aromatic rings. The van der Waals surface area contributed by atoms with Crippen LogP contribution in [0.15, 0.2) is 108 Å². The maximum Gasteiger partial charge on any atom is 0.404 e. The van der Waals surface area contributed by atoms with E-state index in [0.29, 0.717) is 30.0 Å². The Hall–Kier alpha value is -5.70. The molecule has 2 amide bonds. The average molecular weight is 544 g/mol. The van der Waals surface area contributed by atoms with Crippen LogP contribution < -0.4 is 16.0 Å². The van der Waals surface area contributed by atoms with Gasteiger partial charge >= 0.3 is 6.09 Å². The van der Waals surface area contributed by atoms with Crippen molar-refractivity contribution in [3.8, 4) is 11.3 Å². The molecule has 0 atom stereocenters. The number of para-hydroxylation sites is 2. The molecule has 4 aromatic carbocycles. The molecule has 9 nitrogen and oxygen atoms in total. The SMILES string of the molecule is O=C(O)NCCc1ccc(C(=O)Nc2ccc(Nc3cc(-c4cccc5c4oc4ccccc45)ncn3)cc2)cc1. The van der Waals surface area contributed by atoms with E-state index < -0.39 is 6.09 Å². The topological polar surface area (TPSA) is 129 Å². The molecule has 0 unspecified atom stereocenters. The first-order chi connectivity index (χ1) is 20.0. The summed E-state index contributed by atoms with van der Waals surface area (Å²) < 4.78 is 6.16. The van der Waals surface area contributed by atoms with E-state index in [1.165, 1.54) is 6.33 Å². The lowest BCUT2D eigenvalue weighted by atomic mass is 10.1. The van der Waals surface area contributed by atoms with Crippen molar-refractivity contribution in [2.45, 2.75) is 6.42 Å². The lowest BCUT2D eigenvalue weighted by Gasteiger charge is -2.10. The predicted octanol–water partition coefficient (Wildman–Crippen LogP) is 6.85. The van der Waals surface area contributed by atoms with E-state index in [1.54, 1.807) is 12.1 Å².